The molecule has 0 saturated carbocycles. The summed E-state index contributed by atoms with van der Waals surface area (Å²) in [4.78, 5) is 29.1. The lowest BCUT2D eigenvalue weighted by atomic mass is 10.0. The monoisotopic (exact) mass is 451 g/mol. The van der Waals surface area contributed by atoms with Gasteiger partial charge in [0.2, 0.25) is 12.0 Å². The van der Waals surface area contributed by atoms with Crippen LogP contribution in [0.1, 0.15) is 30.9 Å². The molecule has 2 aliphatic heterocycles. The number of fused-ring (bicyclic) bond motifs is 1. The highest BCUT2D eigenvalue weighted by Gasteiger charge is 2.32. The molecule has 7 nitrogen and oxygen atoms in total. The Kier molecular flexibility index (Phi) is 7.50. The molecule has 1 N–H and O–H groups in total. The van der Waals surface area contributed by atoms with E-state index in [1.165, 1.54) is 11.1 Å². The standard InChI is InChI=1S/C26H33N3O4/c1-19(2)21-9-7-20(8-10-21)11-12-27-25(30)17-28-13-15-29(16-14-28)26(31)24-18-32-22-5-3-4-6-23(22)33-24/h3-10,19,24H,11-18H2,1-2H3,(H,27,30). The van der Waals surface area contributed by atoms with Gasteiger partial charge in [0.25, 0.3) is 5.91 Å². The van der Waals surface area contributed by atoms with E-state index in [1.54, 1.807) is 4.90 Å². The lowest BCUT2D eigenvalue weighted by Gasteiger charge is -2.36. The van der Waals surface area contributed by atoms with Crippen molar-refractivity contribution in [2.45, 2.75) is 32.3 Å². The molecule has 0 aliphatic carbocycles. The predicted octanol–water partition coefficient (Wildman–Crippen LogP) is 2.45. The first kappa shape index (κ1) is 23.1. The molecular formula is C26H33N3O4. The average molecular weight is 452 g/mol. The van der Waals surface area contributed by atoms with Gasteiger partial charge in [-0.2, -0.15) is 0 Å². The van der Waals surface area contributed by atoms with Crippen molar-refractivity contribution in [3.8, 4) is 11.5 Å². The van der Waals surface area contributed by atoms with Crippen LogP contribution >= 0.6 is 0 Å². The number of carbonyl (C=O) groups is 2. The van der Waals surface area contributed by atoms with Crippen LogP contribution in [0.15, 0.2) is 48.5 Å². The van der Waals surface area contributed by atoms with E-state index in [9.17, 15) is 9.59 Å². The Morgan fingerprint density at radius 1 is 1.00 bits per heavy atom. The van der Waals surface area contributed by atoms with Gasteiger partial charge in [0, 0.05) is 32.7 Å². The van der Waals surface area contributed by atoms with Crippen LogP contribution in [0, 0.1) is 0 Å². The third-order valence-corrected chi connectivity index (χ3v) is 6.22. The van der Waals surface area contributed by atoms with Crippen LogP contribution < -0.4 is 14.8 Å². The predicted molar refractivity (Wildman–Crippen MR) is 127 cm³/mol. The number of piperazine rings is 1. The number of rotatable bonds is 7. The normalized spacial score (nSPS) is 18.3. The summed E-state index contributed by atoms with van der Waals surface area (Å²) in [5.74, 6) is 1.76. The molecule has 33 heavy (non-hydrogen) atoms. The molecule has 1 saturated heterocycles. The lowest BCUT2D eigenvalue weighted by Crippen LogP contribution is -2.55. The number of hydrogen-bond acceptors (Lipinski definition) is 5. The second kappa shape index (κ2) is 10.7. The van der Waals surface area contributed by atoms with Gasteiger partial charge < -0.3 is 19.7 Å². The zero-order chi connectivity index (χ0) is 23.2. The van der Waals surface area contributed by atoms with Crippen molar-refractivity contribution in [2.75, 3.05) is 45.9 Å². The maximum Gasteiger partial charge on any atom is 0.267 e. The van der Waals surface area contributed by atoms with Gasteiger partial charge in [0.1, 0.15) is 6.61 Å². The number of nitrogens with one attached hydrogen (secondary N) is 1. The lowest BCUT2D eigenvalue weighted by molar-refractivity contribution is -0.143. The summed E-state index contributed by atoms with van der Waals surface area (Å²) in [6.45, 7) is 8.05. The molecule has 0 spiro atoms. The summed E-state index contributed by atoms with van der Waals surface area (Å²) in [6, 6.07) is 16.0. The maximum atomic E-state index is 12.8. The highest BCUT2D eigenvalue weighted by molar-refractivity contribution is 5.82. The first-order chi connectivity index (χ1) is 16.0. The number of nitrogens with zero attached hydrogens (tertiary/aromatic N) is 2. The molecular weight excluding hydrogens is 418 g/mol. The summed E-state index contributed by atoms with van der Waals surface area (Å²) in [7, 11) is 0. The molecule has 7 heteroatoms. The van der Waals surface area contributed by atoms with Crippen LogP contribution in [0.2, 0.25) is 0 Å². The first-order valence-corrected chi connectivity index (χ1v) is 11.7. The Morgan fingerprint density at radius 3 is 2.39 bits per heavy atom. The van der Waals surface area contributed by atoms with Crippen molar-refractivity contribution in [2.24, 2.45) is 0 Å². The highest BCUT2D eigenvalue weighted by atomic mass is 16.6. The van der Waals surface area contributed by atoms with E-state index >= 15 is 0 Å². The molecule has 2 aromatic carbocycles. The number of para-hydroxylation sites is 2. The van der Waals surface area contributed by atoms with Crippen molar-refractivity contribution in [1.82, 2.24) is 15.1 Å². The molecule has 1 unspecified atom stereocenters. The third-order valence-electron chi connectivity index (χ3n) is 6.22. The van der Waals surface area contributed by atoms with Crippen LogP contribution in [0.25, 0.3) is 0 Å². The number of benzene rings is 2. The van der Waals surface area contributed by atoms with Crippen LogP contribution in [0.5, 0.6) is 11.5 Å². The van der Waals surface area contributed by atoms with Crippen LogP contribution in [-0.2, 0) is 16.0 Å². The number of ether oxygens (including phenoxy) is 2. The van der Waals surface area contributed by atoms with Gasteiger partial charge >= 0.3 is 0 Å². The van der Waals surface area contributed by atoms with Gasteiger partial charge in [0.15, 0.2) is 11.5 Å². The Labute approximate surface area is 195 Å². The summed E-state index contributed by atoms with van der Waals surface area (Å²) in [5, 5.41) is 3.01. The van der Waals surface area contributed by atoms with E-state index in [1.807, 2.05) is 24.3 Å². The number of amides is 2. The Hall–Kier alpha value is -3.06. The van der Waals surface area contributed by atoms with Gasteiger partial charge in [-0.3, -0.25) is 14.5 Å². The minimum Gasteiger partial charge on any atom is -0.485 e. The molecule has 176 valence electrons. The molecule has 0 bridgehead atoms. The van der Waals surface area contributed by atoms with E-state index in [4.69, 9.17) is 9.47 Å². The topological polar surface area (TPSA) is 71.1 Å². The van der Waals surface area contributed by atoms with Crippen molar-refractivity contribution < 1.29 is 19.1 Å². The van der Waals surface area contributed by atoms with Gasteiger partial charge in [-0.25, -0.2) is 0 Å². The zero-order valence-electron chi connectivity index (χ0n) is 19.5. The summed E-state index contributed by atoms with van der Waals surface area (Å²) in [5.41, 5.74) is 2.55. The second-order valence-electron chi connectivity index (χ2n) is 8.96. The fraction of sp³-hybridized carbons (Fsp3) is 0.462. The highest BCUT2D eigenvalue weighted by Crippen LogP contribution is 2.31. The average Bonchev–Trinajstić information content (AvgIpc) is 2.84. The molecule has 2 amide bonds. The molecule has 0 aromatic heterocycles. The van der Waals surface area contributed by atoms with Gasteiger partial charge in [-0.1, -0.05) is 50.2 Å². The number of hydrogen-bond donors (Lipinski definition) is 1. The van der Waals surface area contributed by atoms with E-state index in [-0.39, 0.29) is 18.4 Å². The summed E-state index contributed by atoms with van der Waals surface area (Å²) < 4.78 is 11.5. The largest absolute Gasteiger partial charge is 0.485 e. The van der Waals surface area contributed by atoms with E-state index in [0.29, 0.717) is 56.7 Å². The quantitative estimate of drug-likeness (QED) is 0.700. The van der Waals surface area contributed by atoms with Crippen LogP contribution in [0.4, 0.5) is 0 Å². The van der Waals surface area contributed by atoms with Crippen molar-refractivity contribution in [3.05, 3.63) is 59.7 Å². The smallest absolute Gasteiger partial charge is 0.267 e. The SMILES string of the molecule is CC(C)c1ccc(CCNC(=O)CN2CCN(C(=O)C3COc4ccccc4O3)CC2)cc1. The Balaban J connectivity index is 1.15. The fourth-order valence-electron chi connectivity index (χ4n) is 4.15. The molecule has 2 aromatic rings. The van der Waals surface area contributed by atoms with Gasteiger partial charge in [0.05, 0.1) is 6.54 Å². The van der Waals surface area contributed by atoms with Crippen molar-refractivity contribution in [3.63, 3.8) is 0 Å². The van der Waals surface area contributed by atoms with Gasteiger partial charge in [-0.15, -0.1) is 0 Å². The van der Waals surface area contributed by atoms with Gasteiger partial charge in [-0.05, 0) is 35.6 Å². The minimum atomic E-state index is -0.621. The van der Waals surface area contributed by atoms with Crippen LogP contribution in [-0.4, -0.2) is 73.6 Å². The summed E-state index contributed by atoms with van der Waals surface area (Å²) >= 11 is 0. The first-order valence-electron chi connectivity index (χ1n) is 11.7. The number of carbonyl (C=O) groups excluding carboxylic acids is 2. The zero-order valence-corrected chi connectivity index (χ0v) is 19.5. The van der Waals surface area contributed by atoms with Crippen LogP contribution in [0.3, 0.4) is 0 Å². The van der Waals surface area contributed by atoms with Crippen molar-refractivity contribution in [1.29, 1.82) is 0 Å². The minimum absolute atomic E-state index is 0.0224. The molecule has 2 heterocycles. The Bertz CT molecular complexity index is 952. The second-order valence-corrected chi connectivity index (χ2v) is 8.96. The van der Waals surface area contributed by atoms with Crippen molar-refractivity contribution >= 4 is 11.8 Å². The Morgan fingerprint density at radius 2 is 1.70 bits per heavy atom. The molecule has 2 aliphatic rings. The molecule has 0 radical (unpaired) electrons. The fourth-order valence-corrected chi connectivity index (χ4v) is 4.15. The third kappa shape index (κ3) is 6.05. The molecule has 1 fully saturated rings. The maximum absolute atomic E-state index is 12.8. The molecule has 1 atom stereocenters. The summed E-state index contributed by atoms with van der Waals surface area (Å²) in [6.07, 6.45) is 0.197. The molecule has 4 rings (SSSR count). The van der Waals surface area contributed by atoms with E-state index in [0.717, 1.165) is 6.42 Å². The van der Waals surface area contributed by atoms with E-state index < -0.39 is 6.10 Å². The van der Waals surface area contributed by atoms with E-state index in [2.05, 4.69) is 48.3 Å².